The van der Waals surface area contributed by atoms with Gasteiger partial charge in [-0.1, -0.05) is 37.6 Å². The number of carbonyl (C=O) groups is 1. The summed E-state index contributed by atoms with van der Waals surface area (Å²) in [6, 6.07) is 5.91. The fraction of sp³-hybridized carbons (Fsp3) is 0.533. The molecule has 1 aromatic rings. The van der Waals surface area contributed by atoms with E-state index in [0.29, 0.717) is 0 Å². The summed E-state index contributed by atoms with van der Waals surface area (Å²) in [5, 5.41) is 0. The quantitative estimate of drug-likeness (QED) is 0.814. The van der Waals surface area contributed by atoms with E-state index in [2.05, 4.69) is 0 Å². The van der Waals surface area contributed by atoms with Crippen LogP contribution in [0, 0.1) is 19.3 Å². The first-order chi connectivity index (χ1) is 7.57. The maximum absolute atomic E-state index is 12.6. The number of Topliss-reactive ketones (excluding diaryl/α,β-unsaturated/α-hetero) is 1. The van der Waals surface area contributed by atoms with Gasteiger partial charge in [-0.15, -0.1) is 0 Å². The minimum absolute atomic E-state index is 0.113. The molecular weight excluding hydrogens is 210 g/mol. The molecule has 0 spiro atoms. The third kappa shape index (κ3) is 2.58. The number of ketones is 1. The van der Waals surface area contributed by atoms with Gasteiger partial charge in [-0.2, -0.15) is 0 Å². The molecule has 0 aliphatic heterocycles. The van der Waals surface area contributed by atoms with Crippen LogP contribution >= 0.6 is 0 Å². The van der Waals surface area contributed by atoms with Crippen molar-refractivity contribution in [2.75, 3.05) is 0 Å². The topological polar surface area (TPSA) is 43.1 Å². The van der Waals surface area contributed by atoms with Gasteiger partial charge in [0.2, 0.25) is 0 Å². The van der Waals surface area contributed by atoms with Gasteiger partial charge in [0.15, 0.2) is 5.78 Å². The van der Waals surface area contributed by atoms with E-state index in [1.807, 2.05) is 59.7 Å². The summed E-state index contributed by atoms with van der Waals surface area (Å²) in [7, 11) is 0. The highest BCUT2D eigenvalue weighted by molar-refractivity contribution is 6.02. The first-order valence-electron chi connectivity index (χ1n) is 5.98. The Morgan fingerprint density at radius 1 is 1.12 bits per heavy atom. The molecule has 2 heteroatoms. The largest absolute Gasteiger partial charge is 0.325 e. The second kappa shape index (κ2) is 4.26. The van der Waals surface area contributed by atoms with Crippen molar-refractivity contribution in [1.29, 1.82) is 0 Å². The molecule has 1 rings (SSSR count). The van der Waals surface area contributed by atoms with Crippen LogP contribution in [0.25, 0.3) is 0 Å². The number of rotatable bonds is 3. The lowest BCUT2D eigenvalue weighted by molar-refractivity contribution is 0.0734. The lowest BCUT2D eigenvalue weighted by Gasteiger charge is -2.37. The third-order valence-electron chi connectivity index (χ3n) is 3.81. The molecule has 0 saturated heterocycles. The number of carbonyl (C=O) groups excluding carboxylic acids is 1. The Morgan fingerprint density at radius 3 is 2.06 bits per heavy atom. The molecule has 0 atom stereocenters. The maximum Gasteiger partial charge on any atom is 0.170 e. The molecule has 0 saturated carbocycles. The minimum Gasteiger partial charge on any atom is -0.325 e. The first kappa shape index (κ1) is 13.9. The second-order valence-corrected chi connectivity index (χ2v) is 5.99. The van der Waals surface area contributed by atoms with Gasteiger partial charge in [0, 0.05) is 16.5 Å². The molecule has 0 amide bonds. The van der Waals surface area contributed by atoms with E-state index in [1.165, 1.54) is 5.56 Å². The summed E-state index contributed by atoms with van der Waals surface area (Å²) < 4.78 is 0. The number of nitrogens with two attached hydrogens (primary N) is 1. The molecule has 1 aromatic carbocycles. The van der Waals surface area contributed by atoms with E-state index in [-0.39, 0.29) is 5.78 Å². The average Bonchev–Trinajstić information content (AvgIpc) is 2.14. The molecule has 0 aromatic heterocycles. The summed E-state index contributed by atoms with van der Waals surface area (Å²) in [4.78, 5) is 12.6. The van der Waals surface area contributed by atoms with Crippen LogP contribution in [-0.2, 0) is 0 Å². The smallest absolute Gasteiger partial charge is 0.170 e. The fourth-order valence-electron chi connectivity index (χ4n) is 1.70. The van der Waals surface area contributed by atoms with Crippen molar-refractivity contribution in [2.45, 2.75) is 47.1 Å². The van der Waals surface area contributed by atoms with Crippen LogP contribution in [0.2, 0.25) is 0 Å². The molecule has 0 fully saturated rings. The predicted octanol–water partition coefficient (Wildman–Crippen LogP) is 3.25. The van der Waals surface area contributed by atoms with E-state index in [0.717, 1.165) is 11.1 Å². The van der Waals surface area contributed by atoms with Crippen LogP contribution in [0.4, 0.5) is 0 Å². The maximum atomic E-state index is 12.6. The van der Waals surface area contributed by atoms with Crippen LogP contribution in [-0.4, -0.2) is 11.3 Å². The molecule has 0 heterocycles. The zero-order valence-corrected chi connectivity index (χ0v) is 11.7. The Morgan fingerprint density at radius 2 is 1.65 bits per heavy atom. The van der Waals surface area contributed by atoms with Crippen molar-refractivity contribution in [3.63, 3.8) is 0 Å². The molecule has 2 N–H and O–H groups in total. The average molecular weight is 233 g/mol. The van der Waals surface area contributed by atoms with Crippen LogP contribution < -0.4 is 5.73 Å². The summed E-state index contributed by atoms with van der Waals surface area (Å²) in [6.45, 7) is 11.6. The van der Waals surface area contributed by atoms with Crippen LogP contribution in [0.3, 0.4) is 0 Å². The molecule has 0 aliphatic carbocycles. The Balaban J connectivity index is 3.22. The number of benzene rings is 1. The molecular formula is C15H23NO. The highest BCUT2D eigenvalue weighted by Crippen LogP contribution is 2.33. The van der Waals surface area contributed by atoms with E-state index in [1.54, 1.807) is 0 Å². The van der Waals surface area contributed by atoms with Crippen LogP contribution in [0.1, 0.15) is 49.2 Å². The lowest BCUT2D eigenvalue weighted by atomic mass is 9.70. The molecule has 2 nitrogen and oxygen atoms in total. The van der Waals surface area contributed by atoms with E-state index in [9.17, 15) is 4.79 Å². The van der Waals surface area contributed by atoms with Crippen molar-refractivity contribution in [1.82, 2.24) is 0 Å². The monoisotopic (exact) mass is 233 g/mol. The van der Waals surface area contributed by atoms with E-state index >= 15 is 0 Å². The second-order valence-electron chi connectivity index (χ2n) is 5.99. The van der Waals surface area contributed by atoms with Gasteiger partial charge in [-0.3, -0.25) is 4.79 Å². The van der Waals surface area contributed by atoms with Crippen molar-refractivity contribution in [3.05, 3.63) is 34.9 Å². The normalized spacial score (nSPS) is 12.6. The Bertz CT molecular complexity index is 439. The predicted molar refractivity (Wildman–Crippen MR) is 72.3 cm³/mol. The summed E-state index contributed by atoms with van der Waals surface area (Å²) >= 11 is 0. The van der Waals surface area contributed by atoms with E-state index < -0.39 is 11.0 Å². The molecule has 0 bridgehead atoms. The van der Waals surface area contributed by atoms with Gasteiger partial charge in [0.25, 0.3) is 0 Å². The van der Waals surface area contributed by atoms with Gasteiger partial charge >= 0.3 is 0 Å². The highest BCUT2D eigenvalue weighted by atomic mass is 16.1. The van der Waals surface area contributed by atoms with Crippen LogP contribution in [0.15, 0.2) is 18.2 Å². The Labute approximate surface area is 104 Å². The molecule has 0 radical (unpaired) electrons. The van der Waals surface area contributed by atoms with E-state index in [4.69, 9.17) is 5.73 Å². The van der Waals surface area contributed by atoms with Gasteiger partial charge < -0.3 is 5.73 Å². The van der Waals surface area contributed by atoms with Crippen LogP contribution in [0.5, 0.6) is 0 Å². The molecule has 17 heavy (non-hydrogen) atoms. The fourth-order valence-corrected chi connectivity index (χ4v) is 1.70. The summed E-state index contributed by atoms with van der Waals surface area (Å²) in [6.07, 6.45) is 0. The van der Waals surface area contributed by atoms with Crippen molar-refractivity contribution >= 4 is 5.78 Å². The zero-order valence-electron chi connectivity index (χ0n) is 11.7. The summed E-state index contributed by atoms with van der Waals surface area (Å²) in [5.74, 6) is 0.113. The minimum atomic E-state index is -0.576. The standard InChI is InChI=1S/C15H23NO/c1-10-7-8-12(11(2)9-10)13(17)14(3,4)15(5,6)16/h7-9H,16H2,1-6H3. The van der Waals surface area contributed by atoms with Gasteiger partial charge in [-0.05, 0) is 33.3 Å². The zero-order chi connectivity index (χ0) is 13.4. The van der Waals surface area contributed by atoms with Gasteiger partial charge in [0.05, 0.1) is 0 Å². The third-order valence-corrected chi connectivity index (χ3v) is 3.81. The highest BCUT2D eigenvalue weighted by Gasteiger charge is 2.40. The molecule has 94 valence electrons. The number of hydrogen-bond acceptors (Lipinski definition) is 2. The number of aryl methyl sites for hydroxylation is 2. The van der Waals surface area contributed by atoms with Crippen molar-refractivity contribution < 1.29 is 4.79 Å². The lowest BCUT2D eigenvalue weighted by Crippen LogP contribution is -2.52. The summed E-state index contributed by atoms with van der Waals surface area (Å²) in [5.41, 5.74) is 7.96. The number of hydrogen-bond donors (Lipinski definition) is 1. The first-order valence-corrected chi connectivity index (χ1v) is 5.98. The van der Waals surface area contributed by atoms with Crippen molar-refractivity contribution in [3.8, 4) is 0 Å². The molecule has 0 unspecified atom stereocenters. The van der Waals surface area contributed by atoms with Crippen molar-refractivity contribution in [2.24, 2.45) is 11.1 Å². The Hall–Kier alpha value is -1.15. The van der Waals surface area contributed by atoms with Gasteiger partial charge in [0.1, 0.15) is 0 Å². The molecule has 0 aliphatic rings. The Kier molecular flexibility index (Phi) is 3.49. The van der Waals surface area contributed by atoms with Gasteiger partial charge in [-0.25, -0.2) is 0 Å². The SMILES string of the molecule is Cc1ccc(C(=O)C(C)(C)C(C)(C)N)c(C)c1.